The third kappa shape index (κ3) is 4.43. The predicted molar refractivity (Wildman–Crippen MR) is 89.1 cm³/mol. The Hall–Kier alpha value is -2.61. The Balaban J connectivity index is 2.22. The van der Waals surface area contributed by atoms with Gasteiger partial charge in [-0.05, 0) is 37.3 Å². The Bertz CT molecular complexity index is 732. The molecule has 120 valence electrons. The highest BCUT2D eigenvalue weighted by atomic mass is 79.9. The van der Waals surface area contributed by atoms with Gasteiger partial charge < -0.3 is 9.84 Å². The molecule has 0 atom stereocenters. The molecule has 0 radical (unpaired) electrons. The summed E-state index contributed by atoms with van der Waals surface area (Å²) < 4.78 is 6.08. The Kier molecular flexibility index (Phi) is 5.53. The molecule has 0 fully saturated rings. The summed E-state index contributed by atoms with van der Waals surface area (Å²) in [6.07, 6.45) is 1.39. The number of nitro benzene ring substituents is 1. The smallest absolute Gasteiger partial charge is 0.266 e. The first kappa shape index (κ1) is 16.8. The second kappa shape index (κ2) is 7.59. The molecule has 2 aromatic rings. The van der Waals surface area contributed by atoms with Gasteiger partial charge in [-0.2, -0.15) is 5.10 Å². The summed E-state index contributed by atoms with van der Waals surface area (Å²) in [6.45, 7) is 1.94. The molecule has 0 aromatic heterocycles. The van der Waals surface area contributed by atoms with Crippen LogP contribution in [0.2, 0.25) is 0 Å². The van der Waals surface area contributed by atoms with E-state index in [0.717, 1.165) is 16.2 Å². The van der Waals surface area contributed by atoms with E-state index in [1.165, 1.54) is 12.3 Å². The second-order valence-electron chi connectivity index (χ2n) is 4.43. The Morgan fingerprint density at radius 3 is 2.65 bits per heavy atom. The topological polar surface area (TPSA) is 99.8 Å². The lowest BCUT2D eigenvalue weighted by molar-refractivity contribution is -0.398. The molecule has 2 rings (SSSR count). The normalized spacial score (nSPS) is 10.7. The van der Waals surface area contributed by atoms with Crippen LogP contribution in [0.3, 0.4) is 0 Å². The van der Waals surface area contributed by atoms with Crippen LogP contribution in [0, 0.1) is 10.1 Å². The number of anilines is 1. The zero-order chi connectivity index (χ0) is 16.8. The van der Waals surface area contributed by atoms with Crippen LogP contribution in [0.1, 0.15) is 12.5 Å². The number of rotatable bonds is 6. The average molecular weight is 379 g/mol. The van der Waals surface area contributed by atoms with Gasteiger partial charge in [0, 0.05) is 21.9 Å². The summed E-state index contributed by atoms with van der Waals surface area (Å²) in [6, 6.07) is 9.92. The first-order chi connectivity index (χ1) is 11.0. The fourth-order valence-corrected chi connectivity index (χ4v) is 2.05. The molecule has 0 heterocycles. The fraction of sp³-hybridized carbons (Fsp3) is 0.133. The lowest BCUT2D eigenvalue weighted by Crippen LogP contribution is -2.04. The maximum absolute atomic E-state index is 11.8. The molecule has 0 unspecified atom stereocenters. The minimum atomic E-state index is -0.741. The number of nitro groups is 1. The number of hydrazone groups is 1. The highest BCUT2D eigenvalue weighted by molar-refractivity contribution is 9.10. The summed E-state index contributed by atoms with van der Waals surface area (Å²) >= 11 is 3.33. The van der Waals surface area contributed by atoms with E-state index >= 15 is 0 Å². The van der Waals surface area contributed by atoms with Crippen LogP contribution in [0.15, 0.2) is 46.0 Å². The first-order valence-corrected chi connectivity index (χ1v) is 7.47. The highest BCUT2D eigenvalue weighted by Gasteiger charge is 2.13. The van der Waals surface area contributed by atoms with Crippen molar-refractivity contribution in [1.82, 2.24) is 0 Å². The molecule has 2 aromatic carbocycles. The zero-order valence-corrected chi connectivity index (χ0v) is 13.7. The molecule has 0 spiro atoms. The second-order valence-corrected chi connectivity index (χ2v) is 5.35. The van der Waals surface area contributed by atoms with Gasteiger partial charge in [-0.25, -0.2) is 0 Å². The van der Waals surface area contributed by atoms with Crippen molar-refractivity contribution >= 4 is 33.5 Å². The SMILES string of the molecule is CCOc1cc(C=NNc2ccc(Br)cc2)cc([N+](=O)[O-])c1[O-]. The average Bonchev–Trinajstić information content (AvgIpc) is 2.52. The molecule has 23 heavy (non-hydrogen) atoms. The van der Waals surface area contributed by atoms with Crippen LogP contribution in [0.25, 0.3) is 0 Å². The largest absolute Gasteiger partial charge is 0.865 e. The van der Waals surface area contributed by atoms with Crippen molar-refractivity contribution in [3.63, 3.8) is 0 Å². The van der Waals surface area contributed by atoms with Crippen LogP contribution >= 0.6 is 15.9 Å². The Morgan fingerprint density at radius 2 is 2.04 bits per heavy atom. The quantitative estimate of drug-likeness (QED) is 0.472. The molecule has 1 N–H and O–H groups in total. The van der Waals surface area contributed by atoms with Crippen molar-refractivity contribution in [2.24, 2.45) is 5.10 Å². The number of hydrogen-bond acceptors (Lipinski definition) is 6. The maximum Gasteiger partial charge on any atom is 0.266 e. The molecular formula is C15H13BrN3O4-. The van der Waals surface area contributed by atoms with Crippen molar-refractivity contribution in [3.05, 3.63) is 56.5 Å². The van der Waals surface area contributed by atoms with Crippen molar-refractivity contribution in [3.8, 4) is 11.5 Å². The van der Waals surface area contributed by atoms with E-state index in [0.29, 0.717) is 5.56 Å². The first-order valence-electron chi connectivity index (χ1n) is 6.68. The number of nitrogens with one attached hydrogen (secondary N) is 1. The van der Waals surface area contributed by atoms with Gasteiger partial charge in [-0.3, -0.25) is 15.5 Å². The van der Waals surface area contributed by atoms with Gasteiger partial charge in [0.05, 0.1) is 23.4 Å². The van der Waals surface area contributed by atoms with Crippen LogP contribution in [0.4, 0.5) is 11.4 Å². The fourth-order valence-electron chi connectivity index (χ4n) is 1.79. The van der Waals surface area contributed by atoms with Gasteiger partial charge in [0.15, 0.2) is 0 Å². The highest BCUT2D eigenvalue weighted by Crippen LogP contribution is 2.34. The van der Waals surface area contributed by atoms with Gasteiger partial charge in [0.25, 0.3) is 5.69 Å². The molecule has 0 amide bonds. The molecular weight excluding hydrogens is 366 g/mol. The monoisotopic (exact) mass is 378 g/mol. The van der Waals surface area contributed by atoms with E-state index in [1.807, 2.05) is 24.3 Å². The molecule has 0 aliphatic heterocycles. The van der Waals surface area contributed by atoms with Crippen LogP contribution < -0.4 is 15.3 Å². The standard InChI is InChI=1S/C15H14BrN3O4/c1-2-23-14-8-10(7-13(15(14)20)19(21)22)9-17-18-12-5-3-11(16)4-6-12/h3-9,18,20H,2H2,1H3/p-1. The molecule has 0 aliphatic rings. The molecule has 0 bridgehead atoms. The van der Waals surface area contributed by atoms with Gasteiger partial charge in [0.1, 0.15) is 5.75 Å². The van der Waals surface area contributed by atoms with Gasteiger partial charge in [-0.15, -0.1) is 0 Å². The van der Waals surface area contributed by atoms with Crippen LogP contribution in [0.5, 0.6) is 11.5 Å². The molecule has 0 aliphatic carbocycles. The van der Waals surface area contributed by atoms with Crippen molar-refractivity contribution in [1.29, 1.82) is 0 Å². The number of ether oxygens (including phenoxy) is 1. The third-order valence-electron chi connectivity index (χ3n) is 2.81. The van der Waals surface area contributed by atoms with E-state index in [9.17, 15) is 15.2 Å². The molecule has 8 heteroatoms. The molecule has 0 saturated heterocycles. The van der Waals surface area contributed by atoms with E-state index < -0.39 is 16.4 Å². The number of benzene rings is 2. The Labute approximate surface area is 140 Å². The number of halogens is 1. The molecule has 7 nitrogen and oxygen atoms in total. The van der Waals surface area contributed by atoms with Crippen molar-refractivity contribution in [2.45, 2.75) is 6.92 Å². The summed E-state index contributed by atoms with van der Waals surface area (Å²) in [5.41, 5.74) is 3.40. The maximum atomic E-state index is 11.8. The minimum Gasteiger partial charge on any atom is -0.865 e. The van der Waals surface area contributed by atoms with E-state index in [1.54, 1.807) is 6.92 Å². The lowest BCUT2D eigenvalue weighted by Gasteiger charge is -2.14. The van der Waals surface area contributed by atoms with Crippen molar-refractivity contribution < 1.29 is 14.8 Å². The predicted octanol–water partition coefficient (Wildman–Crippen LogP) is 3.28. The van der Waals surface area contributed by atoms with Gasteiger partial charge in [-0.1, -0.05) is 15.9 Å². The summed E-state index contributed by atoms with van der Waals surface area (Å²) in [7, 11) is 0. The lowest BCUT2D eigenvalue weighted by atomic mass is 10.2. The Morgan fingerprint density at radius 1 is 1.35 bits per heavy atom. The van der Waals surface area contributed by atoms with Gasteiger partial charge >= 0.3 is 0 Å². The zero-order valence-electron chi connectivity index (χ0n) is 12.2. The number of hydrogen-bond donors (Lipinski definition) is 1. The third-order valence-corrected chi connectivity index (χ3v) is 3.33. The van der Waals surface area contributed by atoms with E-state index in [2.05, 4.69) is 26.5 Å². The summed E-state index contributed by atoms with van der Waals surface area (Å²) in [4.78, 5) is 10.2. The summed E-state index contributed by atoms with van der Waals surface area (Å²) in [5, 5.41) is 26.8. The summed E-state index contributed by atoms with van der Waals surface area (Å²) in [5.74, 6) is -0.804. The van der Waals surface area contributed by atoms with E-state index in [4.69, 9.17) is 4.74 Å². The van der Waals surface area contributed by atoms with Gasteiger partial charge in [0.2, 0.25) is 0 Å². The number of nitrogens with zero attached hydrogens (tertiary/aromatic N) is 2. The molecule has 0 saturated carbocycles. The van der Waals surface area contributed by atoms with Crippen LogP contribution in [-0.4, -0.2) is 17.7 Å². The van der Waals surface area contributed by atoms with E-state index in [-0.39, 0.29) is 12.4 Å². The van der Waals surface area contributed by atoms with Crippen molar-refractivity contribution in [2.75, 3.05) is 12.0 Å². The van der Waals surface area contributed by atoms with Crippen LogP contribution in [-0.2, 0) is 0 Å². The minimum absolute atomic E-state index is 0.0632.